The topological polar surface area (TPSA) is 98.7 Å². The number of hydrazine groups is 1. The largest absolute Gasteiger partial charge is 0.394 e. The second-order valence-corrected chi connectivity index (χ2v) is 3.19. The molecule has 1 aromatic carbocycles. The van der Waals surface area contributed by atoms with E-state index in [0.29, 0.717) is 0 Å². The van der Waals surface area contributed by atoms with Crippen LogP contribution in [0.3, 0.4) is 0 Å². The Morgan fingerprint density at radius 3 is 2.12 bits per heavy atom. The monoisotopic (exact) mass is 260 g/mol. The minimum absolute atomic E-state index is 0.271. The first-order valence-corrected chi connectivity index (χ1v) is 4.90. The molecule has 0 aliphatic rings. The number of rotatable bonds is 2. The van der Waals surface area contributed by atoms with Crippen LogP contribution in [0.5, 0.6) is 0 Å². The summed E-state index contributed by atoms with van der Waals surface area (Å²) in [7, 11) is -4.67. The van der Waals surface area contributed by atoms with Crippen LogP contribution >= 0.6 is 0 Å². The molecule has 0 aromatic heterocycles. The maximum absolute atomic E-state index is 12.5. The zero-order valence-corrected chi connectivity index (χ0v) is 8.30. The highest BCUT2D eigenvalue weighted by molar-refractivity contribution is 7.79. The van der Waals surface area contributed by atoms with Crippen molar-refractivity contribution < 1.29 is 30.8 Å². The Bertz CT molecular complexity index is 431. The quantitative estimate of drug-likeness (QED) is 0.361. The second kappa shape index (κ2) is 6.27. The van der Waals surface area contributed by atoms with E-state index >= 15 is 0 Å². The van der Waals surface area contributed by atoms with E-state index in [0.717, 1.165) is 23.8 Å². The fourth-order valence-corrected chi connectivity index (χ4v) is 0.644. The normalized spacial score (nSPS) is 10.3. The van der Waals surface area contributed by atoms with E-state index < -0.39 is 22.0 Å². The third-order valence-electron chi connectivity index (χ3n) is 1.11. The molecule has 0 bridgehead atoms. The average Bonchev–Trinajstić information content (AvgIpc) is 2.09. The maximum atomic E-state index is 12.5. The van der Waals surface area contributed by atoms with Gasteiger partial charge in [-0.3, -0.25) is 14.5 Å². The molecule has 0 unspecified atom stereocenters. The van der Waals surface area contributed by atoms with E-state index in [1.54, 1.807) is 5.43 Å². The van der Waals surface area contributed by atoms with Crippen molar-refractivity contribution in [1.29, 1.82) is 0 Å². The molecule has 10 heteroatoms. The standard InChI is InChI=1S/C6H5F3N2.H2O4S/c7-4-1-2-5(8)6(3-4)10-11-9;1-5(2,3)4/h1-3,10-11H;(H2,1,2,3,4). The molecule has 0 fully saturated rings. The Balaban J connectivity index is 0.000000385. The van der Waals surface area contributed by atoms with Gasteiger partial charge in [0.25, 0.3) is 0 Å². The molecule has 0 saturated carbocycles. The summed E-state index contributed by atoms with van der Waals surface area (Å²) in [6.07, 6.45) is 0. The summed E-state index contributed by atoms with van der Waals surface area (Å²) in [5.74, 6) is -1.36. The SMILES string of the molecule is FNNc1cc(F)ccc1F.O=S(=O)(O)O. The van der Waals surface area contributed by atoms with Gasteiger partial charge >= 0.3 is 10.4 Å². The second-order valence-electron chi connectivity index (χ2n) is 2.29. The molecule has 0 amide bonds. The Kier molecular flexibility index (Phi) is 5.74. The van der Waals surface area contributed by atoms with Gasteiger partial charge in [-0.25, -0.2) is 8.78 Å². The molecule has 0 aliphatic carbocycles. The summed E-state index contributed by atoms with van der Waals surface area (Å²) in [5.41, 5.74) is 2.51. The predicted octanol–water partition coefficient (Wildman–Crippen LogP) is 1.11. The number of benzene rings is 1. The number of hydrogen-bond donors (Lipinski definition) is 4. The Hall–Kier alpha value is -1.36. The van der Waals surface area contributed by atoms with Crippen LogP contribution in [0.2, 0.25) is 0 Å². The summed E-state index contributed by atoms with van der Waals surface area (Å²) < 4.78 is 67.8. The molecule has 0 spiro atoms. The third-order valence-corrected chi connectivity index (χ3v) is 1.11. The average molecular weight is 260 g/mol. The zero-order valence-electron chi connectivity index (χ0n) is 7.49. The smallest absolute Gasteiger partial charge is 0.292 e. The van der Waals surface area contributed by atoms with Crippen molar-refractivity contribution in [2.45, 2.75) is 0 Å². The minimum atomic E-state index is -4.67. The van der Waals surface area contributed by atoms with Gasteiger partial charge in [0.1, 0.15) is 11.6 Å². The van der Waals surface area contributed by atoms with Crippen LogP contribution in [0.4, 0.5) is 18.9 Å². The molecule has 1 rings (SSSR count). The highest BCUT2D eigenvalue weighted by Gasteiger charge is 2.01. The van der Waals surface area contributed by atoms with Crippen LogP contribution in [-0.4, -0.2) is 17.5 Å². The highest BCUT2D eigenvalue weighted by atomic mass is 32.3. The molecule has 0 radical (unpaired) electrons. The predicted molar refractivity (Wildman–Crippen MR) is 48.4 cm³/mol. The Morgan fingerprint density at radius 1 is 1.19 bits per heavy atom. The van der Waals surface area contributed by atoms with E-state index in [1.165, 1.54) is 0 Å². The van der Waals surface area contributed by atoms with Gasteiger partial charge < -0.3 is 0 Å². The van der Waals surface area contributed by atoms with E-state index in [1.807, 2.05) is 0 Å². The van der Waals surface area contributed by atoms with Crippen LogP contribution < -0.4 is 11.1 Å². The molecule has 4 N–H and O–H groups in total. The van der Waals surface area contributed by atoms with Gasteiger partial charge in [-0.15, -0.1) is 4.48 Å². The van der Waals surface area contributed by atoms with E-state index in [9.17, 15) is 13.3 Å². The van der Waals surface area contributed by atoms with Crippen molar-refractivity contribution in [2.75, 3.05) is 5.43 Å². The number of hydrogen-bond acceptors (Lipinski definition) is 4. The molecule has 0 saturated heterocycles. The van der Waals surface area contributed by atoms with E-state index in [2.05, 4.69) is 0 Å². The molecule has 92 valence electrons. The molecule has 1 aromatic rings. The Labute approximate surface area is 88.6 Å². The third kappa shape index (κ3) is 7.99. The van der Waals surface area contributed by atoms with Gasteiger partial charge in [0.2, 0.25) is 0 Å². The lowest BCUT2D eigenvalue weighted by molar-refractivity contribution is 0.374. The van der Waals surface area contributed by atoms with Crippen molar-refractivity contribution in [3.63, 3.8) is 0 Å². The van der Waals surface area contributed by atoms with Gasteiger partial charge in [-0.1, -0.05) is 5.65 Å². The fourth-order valence-electron chi connectivity index (χ4n) is 0.644. The molecule has 0 aliphatic heterocycles. The van der Waals surface area contributed by atoms with E-state index in [-0.39, 0.29) is 5.69 Å². The van der Waals surface area contributed by atoms with Crippen molar-refractivity contribution in [2.24, 2.45) is 0 Å². The first-order valence-electron chi connectivity index (χ1n) is 3.50. The number of nitrogens with one attached hydrogen (secondary N) is 2. The van der Waals surface area contributed by atoms with Gasteiger partial charge in [-0.2, -0.15) is 8.42 Å². The summed E-state index contributed by atoms with van der Waals surface area (Å²) in [6, 6.07) is 2.68. The van der Waals surface area contributed by atoms with Crippen LogP contribution in [-0.2, 0) is 10.4 Å². The van der Waals surface area contributed by atoms with Crippen LogP contribution in [0.15, 0.2) is 18.2 Å². The minimum Gasteiger partial charge on any atom is -0.292 e. The van der Waals surface area contributed by atoms with Crippen molar-refractivity contribution >= 4 is 16.1 Å². The molecule has 16 heavy (non-hydrogen) atoms. The van der Waals surface area contributed by atoms with Crippen LogP contribution in [0.25, 0.3) is 0 Å². The summed E-state index contributed by atoms with van der Waals surface area (Å²) in [4.78, 5) is 0. The lowest BCUT2D eigenvalue weighted by atomic mass is 10.3. The van der Waals surface area contributed by atoms with Crippen molar-refractivity contribution in [1.82, 2.24) is 5.65 Å². The molecule has 6 nitrogen and oxygen atoms in total. The first kappa shape index (κ1) is 14.6. The Morgan fingerprint density at radius 2 is 1.69 bits per heavy atom. The van der Waals surface area contributed by atoms with Crippen LogP contribution in [0, 0.1) is 11.6 Å². The van der Waals surface area contributed by atoms with Crippen molar-refractivity contribution in [3.8, 4) is 0 Å². The lowest BCUT2D eigenvalue weighted by Gasteiger charge is -2.01. The first-order chi connectivity index (χ1) is 7.24. The zero-order chi connectivity index (χ0) is 12.8. The highest BCUT2D eigenvalue weighted by Crippen LogP contribution is 2.13. The molecular formula is C6H7F3N2O4S. The van der Waals surface area contributed by atoms with E-state index in [4.69, 9.17) is 17.5 Å². The molecular weight excluding hydrogens is 253 g/mol. The molecule has 0 atom stereocenters. The van der Waals surface area contributed by atoms with Crippen molar-refractivity contribution in [3.05, 3.63) is 29.8 Å². The summed E-state index contributed by atoms with van der Waals surface area (Å²) in [6.45, 7) is 0. The summed E-state index contributed by atoms with van der Waals surface area (Å²) >= 11 is 0. The van der Waals surface area contributed by atoms with Crippen LogP contribution in [0.1, 0.15) is 0 Å². The van der Waals surface area contributed by atoms with Gasteiger partial charge in [-0.05, 0) is 12.1 Å². The van der Waals surface area contributed by atoms with Gasteiger partial charge in [0.05, 0.1) is 5.69 Å². The number of halogens is 3. The van der Waals surface area contributed by atoms with Gasteiger partial charge in [0.15, 0.2) is 0 Å². The number of anilines is 1. The van der Waals surface area contributed by atoms with Gasteiger partial charge in [0, 0.05) is 6.07 Å². The lowest BCUT2D eigenvalue weighted by Crippen LogP contribution is -2.11. The maximum Gasteiger partial charge on any atom is 0.394 e. The molecule has 0 heterocycles. The fraction of sp³-hybridized carbons (Fsp3) is 0. The summed E-state index contributed by atoms with van der Waals surface area (Å²) in [5, 5.41) is 0.